The van der Waals surface area contributed by atoms with Crippen molar-refractivity contribution in [1.29, 1.82) is 0 Å². The van der Waals surface area contributed by atoms with Crippen molar-refractivity contribution in [2.24, 2.45) is 0 Å². The second-order valence-corrected chi connectivity index (χ2v) is 10.9. The van der Waals surface area contributed by atoms with E-state index in [1.807, 2.05) is 19.9 Å². The third kappa shape index (κ3) is 5.88. The van der Waals surface area contributed by atoms with Crippen molar-refractivity contribution in [2.75, 3.05) is 36.4 Å². The zero-order valence-electron chi connectivity index (χ0n) is 20.7. The summed E-state index contributed by atoms with van der Waals surface area (Å²) in [6, 6.07) is 12.7. The minimum absolute atomic E-state index is 0.186. The topological polar surface area (TPSA) is 95.5 Å². The molecule has 2 heterocycles. The first-order valence-corrected chi connectivity index (χ1v) is 13.3. The second kappa shape index (κ2) is 10.7. The molecule has 2 aromatic carbocycles. The number of aromatic nitrogens is 2. The van der Waals surface area contributed by atoms with E-state index in [1.54, 1.807) is 18.2 Å². The number of hydrogen-bond acceptors (Lipinski definition) is 6. The fourth-order valence-electron chi connectivity index (χ4n) is 4.45. The highest BCUT2D eigenvalue weighted by Crippen LogP contribution is 2.27. The van der Waals surface area contributed by atoms with E-state index in [0.29, 0.717) is 50.5 Å². The molecule has 10 heteroatoms. The molecule has 0 radical (unpaired) electrons. The Morgan fingerprint density at radius 1 is 1.03 bits per heavy atom. The molecule has 1 aliphatic rings. The van der Waals surface area contributed by atoms with Gasteiger partial charge in [0.15, 0.2) is 0 Å². The smallest absolute Gasteiger partial charge is 0.243 e. The number of rotatable bonds is 6. The molecule has 1 aromatic heterocycles. The van der Waals surface area contributed by atoms with Gasteiger partial charge in [0.1, 0.15) is 17.5 Å². The lowest BCUT2D eigenvalue weighted by Crippen LogP contribution is -2.35. The van der Waals surface area contributed by atoms with Gasteiger partial charge < -0.3 is 10.2 Å². The Morgan fingerprint density at radius 3 is 2.47 bits per heavy atom. The van der Waals surface area contributed by atoms with E-state index >= 15 is 0 Å². The largest absolute Gasteiger partial charge is 0.355 e. The molecule has 1 saturated heterocycles. The van der Waals surface area contributed by atoms with Crippen molar-refractivity contribution < 1.29 is 17.6 Å². The highest BCUT2D eigenvalue weighted by atomic mass is 32.2. The average Bonchev–Trinajstić information content (AvgIpc) is 3.08. The van der Waals surface area contributed by atoms with Crippen LogP contribution < -0.4 is 10.2 Å². The summed E-state index contributed by atoms with van der Waals surface area (Å²) in [5.41, 5.74) is 3.11. The fraction of sp³-hybridized carbons (Fsp3) is 0.346. The summed E-state index contributed by atoms with van der Waals surface area (Å²) in [7, 11) is -3.70. The molecule has 3 aromatic rings. The van der Waals surface area contributed by atoms with Gasteiger partial charge >= 0.3 is 0 Å². The highest BCUT2D eigenvalue weighted by Gasteiger charge is 2.28. The minimum atomic E-state index is -3.70. The number of halogens is 1. The van der Waals surface area contributed by atoms with Crippen molar-refractivity contribution in [1.82, 2.24) is 14.3 Å². The van der Waals surface area contributed by atoms with Gasteiger partial charge in [-0.25, -0.2) is 22.8 Å². The van der Waals surface area contributed by atoms with Gasteiger partial charge in [0, 0.05) is 56.5 Å². The van der Waals surface area contributed by atoms with Crippen LogP contribution >= 0.6 is 0 Å². The molecule has 36 heavy (non-hydrogen) atoms. The molecular weight excluding hydrogens is 481 g/mol. The van der Waals surface area contributed by atoms with Crippen LogP contribution in [0.5, 0.6) is 0 Å². The van der Waals surface area contributed by atoms with Crippen molar-refractivity contribution in [3.63, 3.8) is 0 Å². The number of nitrogens with one attached hydrogen (secondary N) is 1. The minimum Gasteiger partial charge on any atom is -0.355 e. The Morgan fingerprint density at radius 2 is 1.78 bits per heavy atom. The zero-order valence-corrected chi connectivity index (χ0v) is 21.5. The second-order valence-electron chi connectivity index (χ2n) is 8.92. The molecule has 1 N–H and O–H groups in total. The first-order valence-electron chi connectivity index (χ1n) is 11.8. The van der Waals surface area contributed by atoms with E-state index in [4.69, 9.17) is 4.98 Å². The van der Waals surface area contributed by atoms with Crippen LogP contribution in [-0.2, 0) is 21.2 Å². The van der Waals surface area contributed by atoms with Crippen LogP contribution in [0.2, 0.25) is 0 Å². The monoisotopic (exact) mass is 511 g/mol. The third-order valence-corrected chi connectivity index (χ3v) is 8.05. The van der Waals surface area contributed by atoms with Gasteiger partial charge in [-0.1, -0.05) is 12.1 Å². The van der Waals surface area contributed by atoms with Gasteiger partial charge in [-0.05, 0) is 62.2 Å². The van der Waals surface area contributed by atoms with E-state index in [2.05, 4.69) is 15.2 Å². The number of sulfonamides is 1. The fourth-order valence-corrected chi connectivity index (χ4v) is 5.92. The number of carbonyl (C=O) groups is 1. The van der Waals surface area contributed by atoms with Gasteiger partial charge in [0.25, 0.3) is 0 Å². The van der Waals surface area contributed by atoms with Crippen molar-refractivity contribution in [2.45, 2.75) is 38.5 Å². The quantitative estimate of drug-likeness (QED) is 0.543. The number of aryl methyl sites for hydroxylation is 2. The average molecular weight is 512 g/mol. The molecule has 0 saturated carbocycles. The lowest BCUT2D eigenvalue weighted by atomic mass is 10.0. The first-order chi connectivity index (χ1) is 17.1. The molecule has 0 aliphatic carbocycles. The van der Waals surface area contributed by atoms with Crippen LogP contribution in [0.1, 0.15) is 36.0 Å². The SMILES string of the molecule is CC(=O)Nc1ccc(S(=O)(=O)N2CCCN(c3nc(C)nc(C)c3Cc3cccc(F)c3)CC2)cc1. The summed E-state index contributed by atoms with van der Waals surface area (Å²) in [6.07, 6.45) is 1.11. The Labute approximate surface area is 211 Å². The Balaban J connectivity index is 1.55. The molecule has 0 atom stereocenters. The lowest BCUT2D eigenvalue weighted by molar-refractivity contribution is -0.114. The predicted octanol–water partition coefficient (Wildman–Crippen LogP) is 3.68. The molecule has 0 bridgehead atoms. The highest BCUT2D eigenvalue weighted by molar-refractivity contribution is 7.89. The molecule has 0 spiro atoms. The van der Waals surface area contributed by atoms with Gasteiger partial charge in [0.05, 0.1) is 4.90 Å². The normalized spacial score (nSPS) is 14.9. The van der Waals surface area contributed by atoms with Gasteiger partial charge in [-0.3, -0.25) is 4.79 Å². The summed E-state index contributed by atoms with van der Waals surface area (Å²) in [5, 5.41) is 2.64. The van der Waals surface area contributed by atoms with Gasteiger partial charge in [-0.15, -0.1) is 0 Å². The molecule has 1 amide bonds. The van der Waals surface area contributed by atoms with Crippen molar-refractivity contribution >= 4 is 27.4 Å². The van der Waals surface area contributed by atoms with Crippen LogP contribution in [-0.4, -0.2) is 54.8 Å². The first kappa shape index (κ1) is 25.7. The number of anilines is 2. The lowest BCUT2D eigenvalue weighted by Gasteiger charge is -2.26. The standard InChI is InChI=1S/C26H30FN5O3S/c1-18-25(17-21-6-4-7-22(27)16-21)26(29-19(2)28-18)31-12-5-13-32(15-14-31)36(34,35)24-10-8-23(9-11-24)30-20(3)33/h4,6-11,16H,5,12-15,17H2,1-3H3,(H,30,33). The summed E-state index contributed by atoms with van der Waals surface area (Å²) >= 11 is 0. The zero-order chi connectivity index (χ0) is 25.9. The molecule has 4 rings (SSSR count). The van der Waals surface area contributed by atoms with E-state index < -0.39 is 10.0 Å². The number of carbonyl (C=O) groups excluding carboxylic acids is 1. The molecule has 190 valence electrons. The summed E-state index contributed by atoms with van der Waals surface area (Å²) in [4.78, 5) is 22.8. The molecular formula is C26H30FN5O3S. The Bertz CT molecular complexity index is 1360. The predicted molar refractivity (Wildman–Crippen MR) is 137 cm³/mol. The maximum atomic E-state index is 13.8. The van der Waals surface area contributed by atoms with Crippen LogP contribution in [0.4, 0.5) is 15.9 Å². The van der Waals surface area contributed by atoms with Crippen molar-refractivity contribution in [3.05, 3.63) is 77.0 Å². The number of benzene rings is 2. The third-order valence-electron chi connectivity index (χ3n) is 6.14. The Hall–Kier alpha value is -3.37. The summed E-state index contributed by atoms with van der Waals surface area (Å²) < 4.78 is 41.9. The molecule has 8 nitrogen and oxygen atoms in total. The molecule has 0 unspecified atom stereocenters. The van der Waals surface area contributed by atoms with Crippen LogP contribution in [0.3, 0.4) is 0 Å². The van der Waals surface area contributed by atoms with E-state index in [0.717, 1.165) is 22.6 Å². The number of amides is 1. The maximum absolute atomic E-state index is 13.8. The van der Waals surface area contributed by atoms with E-state index in [9.17, 15) is 17.6 Å². The number of nitrogens with zero attached hydrogens (tertiary/aromatic N) is 4. The summed E-state index contributed by atoms with van der Waals surface area (Å²) in [5.74, 6) is 0.896. The van der Waals surface area contributed by atoms with Crippen LogP contribution in [0.15, 0.2) is 53.4 Å². The molecule has 1 aliphatic heterocycles. The van der Waals surface area contributed by atoms with E-state index in [-0.39, 0.29) is 16.6 Å². The van der Waals surface area contributed by atoms with Crippen LogP contribution in [0.25, 0.3) is 0 Å². The van der Waals surface area contributed by atoms with Gasteiger partial charge in [0.2, 0.25) is 15.9 Å². The van der Waals surface area contributed by atoms with E-state index in [1.165, 1.54) is 35.5 Å². The molecule has 1 fully saturated rings. The Kier molecular flexibility index (Phi) is 7.65. The maximum Gasteiger partial charge on any atom is 0.243 e. The van der Waals surface area contributed by atoms with Crippen LogP contribution in [0, 0.1) is 19.7 Å². The van der Waals surface area contributed by atoms with Crippen molar-refractivity contribution in [3.8, 4) is 0 Å². The number of hydrogen-bond donors (Lipinski definition) is 1. The summed E-state index contributed by atoms with van der Waals surface area (Å²) in [6.45, 7) is 6.95. The van der Waals surface area contributed by atoms with Gasteiger partial charge in [-0.2, -0.15) is 4.31 Å².